The van der Waals surface area contributed by atoms with Crippen LogP contribution in [0.15, 0.2) is 48.5 Å². The SMILES string of the molecule is Cc1ccc(C(=O)N2CC(c3ccc(C#N)cc3)C2)cc1-c1cc(Cl)[nH]n1. The second-order valence-corrected chi connectivity index (χ2v) is 7.18. The molecule has 0 spiro atoms. The molecule has 1 aromatic heterocycles. The van der Waals surface area contributed by atoms with Gasteiger partial charge in [0.05, 0.1) is 17.3 Å². The van der Waals surface area contributed by atoms with Gasteiger partial charge in [0.1, 0.15) is 5.15 Å². The van der Waals surface area contributed by atoms with Crippen LogP contribution in [-0.2, 0) is 0 Å². The third-order valence-corrected chi connectivity index (χ3v) is 5.18. The zero-order valence-electron chi connectivity index (χ0n) is 14.7. The Balaban J connectivity index is 1.48. The topological polar surface area (TPSA) is 72.8 Å². The number of H-pyrrole nitrogens is 1. The van der Waals surface area contributed by atoms with Crippen molar-refractivity contribution < 1.29 is 4.79 Å². The molecule has 1 aliphatic rings. The quantitative estimate of drug-likeness (QED) is 0.746. The summed E-state index contributed by atoms with van der Waals surface area (Å²) in [6, 6.07) is 17.1. The summed E-state index contributed by atoms with van der Waals surface area (Å²) in [4.78, 5) is 14.7. The number of hydrogen-bond acceptors (Lipinski definition) is 3. The predicted molar refractivity (Wildman–Crippen MR) is 104 cm³/mol. The van der Waals surface area contributed by atoms with Crippen LogP contribution in [0.25, 0.3) is 11.3 Å². The van der Waals surface area contributed by atoms with Gasteiger partial charge < -0.3 is 4.90 Å². The minimum atomic E-state index is 0.0165. The fourth-order valence-electron chi connectivity index (χ4n) is 3.33. The fraction of sp³-hybridized carbons (Fsp3) is 0.190. The molecule has 0 aliphatic carbocycles. The van der Waals surface area contributed by atoms with Crippen LogP contribution in [-0.4, -0.2) is 34.1 Å². The number of nitrogens with one attached hydrogen (secondary N) is 1. The Morgan fingerprint density at radius 3 is 2.59 bits per heavy atom. The summed E-state index contributed by atoms with van der Waals surface area (Å²) in [6.07, 6.45) is 0. The Bertz CT molecular complexity index is 1040. The summed E-state index contributed by atoms with van der Waals surface area (Å²) in [5.74, 6) is 0.333. The first kappa shape index (κ1) is 17.3. The van der Waals surface area contributed by atoms with Gasteiger partial charge in [0.2, 0.25) is 0 Å². The van der Waals surface area contributed by atoms with Gasteiger partial charge in [0, 0.05) is 36.2 Å². The van der Waals surface area contributed by atoms with Crippen LogP contribution >= 0.6 is 11.6 Å². The summed E-state index contributed by atoms with van der Waals surface area (Å²) in [6.45, 7) is 3.35. The summed E-state index contributed by atoms with van der Waals surface area (Å²) in [5, 5.41) is 16.3. The number of halogens is 1. The van der Waals surface area contributed by atoms with Gasteiger partial charge in [-0.15, -0.1) is 0 Å². The van der Waals surface area contributed by atoms with Crippen molar-refractivity contribution in [1.29, 1.82) is 5.26 Å². The Hall–Kier alpha value is -3.10. The number of carbonyl (C=O) groups excluding carboxylic acids is 1. The minimum Gasteiger partial charge on any atom is -0.337 e. The van der Waals surface area contributed by atoms with E-state index in [0.29, 0.717) is 35.3 Å². The smallest absolute Gasteiger partial charge is 0.253 e. The molecule has 4 rings (SSSR count). The number of nitrogens with zero attached hydrogens (tertiary/aromatic N) is 3. The number of aromatic amines is 1. The van der Waals surface area contributed by atoms with Gasteiger partial charge in [0.25, 0.3) is 5.91 Å². The van der Waals surface area contributed by atoms with Crippen LogP contribution in [0.3, 0.4) is 0 Å². The van der Waals surface area contributed by atoms with Crippen LogP contribution < -0.4 is 0 Å². The zero-order chi connectivity index (χ0) is 19.0. The predicted octanol–water partition coefficient (Wildman–Crippen LogP) is 4.15. The van der Waals surface area contributed by atoms with Crippen LogP contribution in [0, 0.1) is 18.3 Å². The standard InChI is InChI=1S/C21H17ClN4O/c1-13-2-5-16(8-18(13)19-9-20(22)25-24-19)21(27)26-11-17(12-26)15-6-3-14(10-23)4-7-15/h2-9,17H,11-12H2,1H3,(H,24,25). The van der Waals surface area contributed by atoms with Crippen LogP contribution in [0.2, 0.25) is 5.15 Å². The Morgan fingerprint density at radius 2 is 1.96 bits per heavy atom. The number of likely N-dealkylation sites (tertiary alicyclic amines) is 1. The van der Waals surface area contributed by atoms with Crippen molar-refractivity contribution in [3.63, 3.8) is 0 Å². The van der Waals surface area contributed by atoms with E-state index in [1.165, 1.54) is 0 Å². The first-order valence-electron chi connectivity index (χ1n) is 8.66. The van der Waals surface area contributed by atoms with Gasteiger partial charge in [-0.05, 0) is 42.3 Å². The second-order valence-electron chi connectivity index (χ2n) is 6.77. The molecule has 3 aromatic rings. The molecule has 1 amide bonds. The van der Waals surface area contributed by atoms with Crippen molar-refractivity contribution in [2.24, 2.45) is 0 Å². The van der Waals surface area contributed by atoms with Gasteiger partial charge in [-0.1, -0.05) is 29.8 Å². The number of carbonyl (C=O) groups is 1. The second kappa shape index (κ2) is 6.90. The number of benzene rings is 2. The van der Waals surface area contributed by atoms with E-state index in [-0.39, 0.29) is 5.91 Å². The summed E-state index contributed by atoms with van der Waals surface area (Å²) in [7, 11) is 0. The highest BCUT2D eigenvalue weighted by Crippen LogP contribution is 2.30. The monoisotopic (exact) mass is 376 g/mol. The molecule has 1 N–H and O–H groups in total. The largest absolute Gasteiger partial charge is 0.337 e. The van der Waals surface area contributed by atoms with Gasteiger partial charge in [-0.3, -0.25) is 9.89 Å². The average Bonchev–Trinajstić information content (AvgIpc) is 3.07. The molecule has 0 unspecified atom stereocenters. The Morgan fingerprint density at radius 1 is 1.22 bits per heavy atom. The van der Waals surface area contributed by atoms with Crippen LogP contribution in [0.4, 0.5) is 0 Å². The number of aryl methyl sites for hydroxylation is 1. The van der Waals surface area contributed by atoms with E-state index in [2.05, 4.69) is 16.3 Å². The van der Waals surface area contributed by atoms with E-state index in [9.17, 15) is 4.79 Å². The Kier molecular flexibility index (Phi) is 4.43. The molecule has 0 bridgehead atoms. The zero-order valence-corrected chi connectivity index (χ0v) is 15.5. The fourth-order valence-corrected chi connectivity index (χ4v) is 3.48. The summed E-state index contributed by atoms with van der Waals surface area (Å²) >= 11 is 5.93. The molecule has 27 heavy (non-hydrogen) atoms. The molecule has 0 atom stereocenters. The van der Waals surface area contributed by atoms with Gasteiger partial charge in [-0.25, -0.2) is 0 Å². The highest BCUT2D eigenvalue weighted by Gasteiger charge is 2.32. The molecule has 134 valence electrons. The minimum absolute atomic E-state index is 0.0165. The van der Waals surface area contributed by atoms with Crippen LogP contribution in [0.1, 0.15) is 33.0 Å². The summed E-state index contributed by atoms with van der Waals surface area (Å²) < 4.78 is 0. The molecule has 1 aliphatic heterocycles. The maximum atomic E-state index is 12.8. The number of hydrogen-bond donors (Lipinski definition) is 1. The molecular weight excluding hydrogens is 360 g/mol. The first-order valence-corrected chi connectivity index (χ1v) is 9.04. The lowest BCUT2D eigenvalue weighted by molar-refractivity contribution is 0.0602. The Labute approximate surface area is 162 Å². The maximum Gasteiger partial charge on any atom is 0.253 e. The summed E-state index contributed by atoms with van der Waals surface area (Å²) in [5.41, 5.74) is 5.12. The molecule has 2 aromatic carbocycles. The number of amides is 1. The van der Waals surface area contributed by atoms with E-state index < -0.39 is 0 Å². The third kappa shape index (κ3) is 3.32. The highest BCUT2D eigenvalue weighted by atomic mass is 35.5. The van der Waals surface area contributed by atoms with Gasteiger partial charge in [0.15, 0.2) is 0 Å². The maximum absolute atomic E-state index is 12.8. The molecule has 0 saturated carbocycles. The van der Waals surface area contributed by atoms with Gasteiger partial charge >= 0.3 is 0 Å². The van der Waals surface area contributed by atoms with Crippen molar-refractivity contribution in [3.05, 3.63) is 75.9 Å². The van der Waals surface area contributed by atoms with E-state index in [1.807, 2.05) is 54.3 Å². The van der Waals surface area contributed by atoms with E-state index in [4.69, 9.17) is 16.9 Å². The van der Waals surface area contributed by atoms with Crippen molar-refractivity contribution in [2.45, 2.75) is 12.8 Å². The van der Waals surface area contributed by atoms with Crippen LogP contribution in [0.5, 0.6) is 0 Å². The molecule has 0 radical (unpaired) electrons. The van der Waals surface area contributed by atoms with Crippen molar-refractivity contribution in [2.75, 3.05) is 13.1 Å². The number of nitriles is 1. The molecule has 1 fully saturated rings. The van der Waals surface area contributed by atoms with E-state index in [0.717, 1.165) is 22.4 Å². The van der Waals surface area contributed by atoms with Crippen molar-refractivity contribution in [1.82, 2.24) is 15.1 Å². The molecule has 2 heterocycles. The molecule has 1 saturated heterocycles. The van der Waals surface area contributed by atoms with E-state index >= 15 is 0 Å². The van der Waals surface area contributed by atoms with Crippen molar-refractivity contribution >= 4 is 17.5 Å². The number of rotatable bonds is 3. The molecular formula is C21H17ClN4O. The lowest BCUT2D eigenvalue weighted by atomic mass is 9.90. The van der Waals surface area contributed by atoms with Crippen molar-refractivity contribution in [3.8, 4) is 17.3 Å². The van der Waals surface area contributed by atoms with Gasteiger partial charge in [-0.2, -0.15) is 10.4 Å². The third-order valence-electron chi connectivity index (χ3n) is 4.99. The van der Waals surface area contributed by atoms with E-state index in [1.54, 1.807) is 6.07 Å². The molecule has 5 nitrogen and oxygen atoms in total. The average molecular weight is 377 g/mol. The highest BCUT2D eigenvalue weighted by molar-refractivity contribution is 6.29. The lowest BCUT2D eigenvalue weighted by Crippen LogP contribution is -2.48. The molecule has 6 heteroatoms. The first-order chi connectivity index (χ1) is 13.0. The number of aromatic nitrogens is 2. The lowest BCUT2D eigenvalue weighted by Gasteiger charge is -2.39. The normalized spacial score (nSPS) is 13.9.